The maximum atomic E-state index is 5.38. The van der Waals surface area contributed by atoms with E-state index in [0.29, 0.717) is 6.04 Å². The van der Waals surface area contributed by atoms with Crippen molar-refractivity contribution in [1.82, 2.24) is 5.32 Å². The van der Waals surface area contributed by atoms with Gasteiger partial charge in [-0.05, 0) is 13.0 Å². The molecule has 1 fully saturated rings. The monoisotopic (exact) mass is 185 g/mol. The summed E-state index contributed by atoms with van der Waals surface area (Å²) in [5.74, 6) is 0. The van der Waals surface area contributed by atoms with E-state index < -0.39 is 0 Å². The number of nitrogens with one attached hydrogen (secondary N) is 1. The predicted octanol–water partition coefficient (Wildman–Crippen LogP) is 1.30. The fraction of sp³-hybridized carbons (Fsp3) is 0.800. The molecule has 0 aliphatic carbocycles. The number of hydrogen-bond donors (Lipinski definition) is 1. The van der Waals surface area contributed by atoms with Crippen LogP contribution in [0.5, 0.6) is 0 Å². The van der Waals surface area contributed by atoms with Crippen LogP contribution < -0.4 is 5.32 Å². The highest BCUT2D eigenvalue weighted by Crippen LogP contribution is 2.12. The normalized spacial score (nSPS) is 20.4. The number of ether oxygens (including phenoxy) is 2. The van der Waals surface area contributed by atoms with E-state index in [1.807, 2.05) is 6.08 Å². The van der Waals surface area contributed by atoms with Crippen molar-refractivity contribution in [2.45, 2.75) is 32.1 Å². The lowest BCUT2D eigenvalue weighted by atomic mass is 10.1. The summed E-state index contributed by atoms with van der Waals surface area (Å²) in [6.45, 7) is 8.28. The molecule has 0 aromatic heterocycles. The van der Waals surface area contributed by atoms with Crippen molar-refractivity contribution >= 4 is 0 Å². The van der Waals surface area contributed by atoms with E-state index in [9.17, 15) is 0 Å². The molecule has 0 saturated carbocycles. The average Bonchev–Trinajstić information content (AvgIpc) is 2.58. The van der Waals surface area contributed by atoms with E-state index in [1.165, 1.54) is 0 Å². The first-order chi connectivity index (χ1) is 6.36. The molecule has 0 aromatic carbocycles. The van der Waals surface area contributed by atoms with Crippen LogP contribution in [-0.4, -0.2) is 32.1 Å². The van der Waals surface area contributed by atoms with Gasteiger partial charge in [0.1, 0.15) is 0 Å². The van der Waals surface area contributed by atoms with Crippen LogP contribution in [0.2, 0.25) is 0 Å². The van der Waals surface area contributed by atoms with Gasteiger partial charge < -0.3 is 14.8 Å². The Hall–Kier alpha value is -0.380. The topological polar surface area (TPSA) is 30.5 Å². The quantitative estimate of drug-likeness (QED) is 0.633. The standard InChI is InChI=1S/C10H19NO2/c1-3-5-9(11-4-2)8-10-12-6-7-13-10/h3,9-11H,1,4-8H2,2H3. The van der Waals surface area contributed by atoms with E-state index in [0.717, 1.165) is 32.6 Å². The SMILES string of the molecule is C=CCC(CC1OCCO1)NCC. The van der Waals surface area contributed by atoms with Gasteiger partial charge in [0.25, 0.3) is 0 Å². The smallest absolute Gasteiger partial charge is 0.159 e. The number of hydrogen-bond acceptors (Lipinski definition) is 3. The lowest BCUT2D eigenvalue weighted by molar-refractivity contribution is -0.0524. The van der Waals surface area contributed by atoms with Gasteiger partial charge in [0, 0.05) is 12.5 Å². The fourth-order valence-electron chi connectivity index (χ4n) is 1.53. The van der Waals surface area contributed by atoms with Crippen molar-refractivity contribution in [2.75, 3.05) is 19.8 Å². The Morgan fingerprint density at radius 1 is 1.54 bits per heavy atom. The van der Waals surface area contributed by atoms with Gasteiger partial charge in [-0.3, -0.25) is 0 Å². The second-order valence-corrected chi connectivity index (χ2v) is 3.19. The summed E-state index contributed by atoms with van der Waals surface area (Å²) in [6, 6.07) is 0.436. The molecule has 1 saturated heterocycles. The summed E-state index contributed by atoms with van der Waals surface area (Å²) in [4.78, 5) is 0. The van der Waals surface area contributed by atoms with Crippen LogP contribution >= 0.6 is 0 Å². The number of rotatable bonds is 6. The van der Waals surface area contributed by atoms with Crippen LogP contribution in [0.15, 0.2) is 12.7 Å². The lowest BCUT2D eigenvalue weighted by Gasteiger charge is -2.18. The maximum Gasteiger partial charge on any atom is 0.159 e. The van der Waals surface area contributed by atoms with Gasteiger partial charge >= 0.3 is 0 Å². The van der Waals surface area contributed by atoms with Crippen LogP contribution in [0.4, 0.5) is 0 Å². The van der Waals surface area contributed by atoms with E-state index in [2.05, 4.69) is 18.8 Å². The lowest BCUT2D eigenvalue weighted by Crippen LogP contribution is -2.32. The van der Waals surface area contributed by atoms with Gasteiger partial charge in [-0.15, -0.1) is 6.58 Å². The van der Waals surface area contributed by atoms with Crippen molar-refractivity contribution in [2.24, 2.45) is 0 Å². The van der Waals surface area contributed by atoms with E-state index in [-0.39, 0.29) is 6.29 Å². The zero-order valence-electron chi connectivity index (χ0n) is 8.29. The van der Waals surface area contributed by atoms with Gasteiger partial charge in [-0.1, -0.05) is 13.0 Å². The van der Waals surface area contributed by atoms with Crippen molar-refractivity contribution in [3.8, 4) is 0 Å². The summed E-state index contributed by atoms with van der Waals surface area (Å²) >= 11 is 0. The Morgan fingerprint density at radius 3 is 2.77 bits per heavy atom. The van der Waals surface area contributed by atoms with E-state index in [1.54, 1.807) is 0 Å². The van der Waals surface area contributed by atoms with Crippen LogP contribution in [0.3, 0.4) is 0 Å². The Labute approximate surface area is 80.1 Å². The Bertz CT molecular complexity index is 144. The van der Waals surface area contributed by atoms with Crippen LogP contribution in [-0.2, 0) is 9.47 Å². The highest BCUT2D eigenvalue weighted by atomic mass is 16.7. The molecule has 1 N–H and O–H groups in total. The molecule has 0 radical (unpaired) electrons. The largest absolute Gasteiger partial charge is 0.350 e. The summed E-state index contributed by atoms with van der Waals surface area (Å²) < 4.78 is 10.8. The molecule has 13 heavy (non-hydrogen) atoms. The molecule has 1 aliphatic heterocycles. The molecule has 3 nitrogen and oxygen atoms in total. The fourth-order valence-corrected chi connectivity index (χ4v) is 1.53. The average molecular weight is 185 g/mol. The molecule has 1 heterocycles. The molecule has 3 heteroatoms. The maximum absolute atomic E-state index is 5.38. The summed E-state index contributed by atoms with van der Waals surface area (Å²) in [5.41, 5.74) is 0. The minimum Gasteiger partial charge on any atom is -0.350 e. The molecular weight excluding hydrogens is 166 g/mol. The third kappa shape index (κ3) is 3.89. The Kier molecular flexibility index (Phi) is 5.05. The first-order valence-corrected chi connectivity index (χ1v) is 4.94. The molecule has 76 valence electrons. The summed E-state index contributed by atoms with van der Waals surface area (Å²) in [7, 11) is 0. The van der Waals surface area contributed by atoms with Gasteiger partial charge in [0.2, 0.25) is 0 Å². The van der Waals surface area contributed by atoms with Crippen molar-refractivity contribution < 1.29 is 9.47 Å². The van der Waals surface area contributed by atoms with Crippen molar-refractivity contribution in [1.29, 1.82) is 0 Å². The molecule has 0 bridgehead atoms. The molecule has 1 unspecified atom stereocenters. The van der Waals surface area contributed by atoms with Crippen molar-refractivity contribution in [3.63, 3.8) is 0 Å². The highest BCUT2D eigenvalue weighted by Gasteiger charge is 2.19. The van der Waals surface area contributed by atoms with Crippen molar-refractivity contribution in [3.05, 3.63) is 12.7 Å². The Balaban J connectivity index is 2.22. The van der Waals surface area contributed by atoms with Gasteiger partial charge in [-0.25, -0.2) is 0 Å². The molecule has 0 amide bonds. The first kappa shape index (κ1) is 10.7. The second kappa shape index (κ2) is 6.13. The van der Waals surface area contributed by atoms with E-state index >= 15 is 0 Å². The molecule has 0 aromatic rings. The highest BCUT2D eigenvalue weighted by molar-refractivity contribution is 4.79. The molecule has 1 rings (SSSR count). The molecular formula is C10H19NO2. The minimum atomic E-state index is -0.0102. The molecule has 0 spiro atoms. The zero-order valence-corrected chi connectivity index (χ0v) is 8.29. The molecule has 1 atom stereocenters. The minimum absolute atomic E-state index is 0.0102. The summed E-state index contributed by atoms with van der Waals surface area (Å²) in [6.07, 6.45) is 3.81. The Morgan fingerprint density at radius 2 is 2.23 bits per heavy atom. The van der Waals surface area contributed by atoms with E-state index in [4.69, 9.17) is 9.47 Å². The van der Waals surface area contributed by atoms with Gasteiger partial charge in [-0.2, -0.15) is 0 Å². The predicted molar refractivity (Wildman–Crippen MR) is 52.6 cm³/mol. The second-order valence-electron chi connectivity index (χ2n) is 3.19. The van der Waals surface area contributed by atoms with Crippen LogP contribution in [0, 0.1) is 0 Å². The third-order valence-electron chi connectivity index (χ3n) is 2.11. The summed E-state index contributed by atoms with van der Waals surface area (Å²) in [5, 5.41) is 3.38. The van der Waals surface area contributed by atoms with Crippen LogP contribution in [0.1, 0.15) is 19.8 Å². The third-order valence-corrected chi connectivity index (χ3v) is 2.11. The molecule has 1 aliphatic rings. The van der Waals surface area contributed by atoms with Gasteiger partial charge in [0.15, 0.2) is 6.29 Å². The zero-order chi connectivity index (χ0) is 9.52. The van der Waals surface area contributed by atoms with Crippen LogP contribution in [0.25, 0.3) is 0 Å². The van der Waals surface area contributed by atoms with Gasteiger partial charge in [0.05, 0.1) is 13.2 Å². The first-order valence-electron chi connectivity index (χ1n) is 4.94.